The van der Waals surface area contributed by atoms with Crippen LogP contribution >= 0.6 is 0 Å². The zero-order chi connectivity index (χ0) is 19.0. The third-order valence-corrected chi connectivity index (χ3v) is 4.06. The first-order valence-corrected chi connectivity index (χ1v) is 8.26. The van der Waals surface area contributed by atoms with Crippen LogP contribution in [-0.2, 0) is 6.54 Å². The molecule has 4 rings (SSSR count). The topological polar surface area (TPSA) is 111 Å². The van der Waals surface area contributed by atoms with E-state index in [0.29, 0.717) is 45.5 Å². The average molecular weight is 364 g/mol. The second-order valence-corrected chi connectivity index (χ2v) is 6.15. The highest BCUT2D eigenvalue weighted by Crippen LogP contribution is 2.23. The largest absolute Gasteiger partial charge is 0.337 e. The molecule has 0 unspecified atom stereocenters. The SMILES string of the molecule is Cc1cc(C(=O)N(C)Cc2nc(-c3ccccn3)no2)c2c(C)noc2n1. The van der Waals surface area contributed by atoms with E-state index in [0.717, 1.165) is 0 Å². The molecule has 0 aliphatic carbocycles. The van der Waals surface area contributed by atoms with Crippen molar-refractivity contribution >= 4 is 17.0 Å². The number of nitrogens with zero attached hydrogens (tertiary/aromatic N) is 6. The minimum absolute atomic E-state index is 0.159. The van der Waals surface area contributed by atoms with Crippen molar-refractivity contribution in [3.05, 3.63) is 53.3 Å². The summed E-state index contributed by atoms with van der Waals surface area (Å²) in [5.74, 6) is 0.480. The van der Waals surface area contributed by atoms with Gasteiger partial charge in [-0.05, 0) is 32.0 Å². The Balaban J connectivity index is 1.59. The number of carbonyl (C=O) groups is 1. The first-order chi connectivity index (χ1) is 13.0. The van der Waals surface area contributed by atoms with Crippen LogP contribution in [0.2, 0.25) is 0 Å². The number of aryl methyl sites for hydroxylation is 2. The monoisotopic (exact) mass is 364 g/mol. The van der Waals surface area contributed by atoms with Crippen molar-refractivity contribution in [1.29, 1.82) is 0 Å². The van der Waals surface area contributed by atoms with E-state index >= 15 is 0 Å². The molecule has 0 bridgehead atoms. The van der Waals surface area contributed by atoms with Gasteiger partial charge in [0, 0.05) is 18.9 Å². The molecule has 0 aliphatic rings. The van der Waals surface area contributed by atoms with Crippen LogP contribution in [0.3, 0.4) is 0 Å². The molecule has 136 valence electrons. The van der Waals surface area contributed by atoms with Gasteiger partial charge in [-0.3, -0.25) is 9.78 Å². The minimum atomic E-state index is -0.214. The lowest BCUT2D eigenvalue weighted by Gasteiger charge is -2.15. The van der Waals surface area contributed by atoms with E-state index in [-0.39, 0.29) is 12.5 Å². The molecule has 0 aromatic carbocycles. The Bertz CT molecular complexity index is 1120. The van der Waals surface area contributed by atoms with Crippen LogP contribution in [0.1, 0.15) is 27.6 Å². The van der Waals surface area contributed by atoms with Crippen molar-refractivity contribution in [3.63, 3.8) is 0 Å². The number of carbonyl (C=O) groups excluding carboxylic acids is 1. The molecule has 0 saturated carbocycles. The van der Waals surface area contributed by atoms with Gasteiger partial charge in [-0.2, -0.15) is 4.98 Å². The standard InChI is InChI=1S/C18H16N6O3/c1-10-8-12(15-11(2)22-27-17(15)20-10)18(25)24(3)9-14-21-16(23-26-14)13-6-4-5-7-19-13/h4-8H,9H2,1-3H3. The maximum atomic E-state index is 13.0. The summed E-state index contributed by atoms with van der Waals surface area (Å²) in [6.07, 6.45) is 1.65. The van der Waals surface area contributed by atoms with Crippen LogP contribution < -0.4 is 0 Å². The van der Waals surface area contributed by atoms with Gasteiger partial charge in [-0.25, -0.2) is 4.98 Å². The molecule has 9 heteroatoms. The highest BCUT2D eigenvalue weighted by Gasteiger charge is 2.22. The van der Waals surface area contributed by atoms with Crippen LogP contribution in [0.15, 0.2) is 39.5 Å². The van der Waals surface area contributed by atoms with Gasteiger partial charge in [0.2, 0.25) is 11.7 Å². The van der Waals surface area contributed by atoms with Gasteiger partial charge in [-0.1, -0.05) is 16.4 Å². The molecule has 0 saturated heterocycles. The second kappa shape index (κ2) is 6.60. The van der Waals surface area contributed by atoms with Gasteiger partial charge in [0.1, 0.15) is 5.69 Å². The number of rotatable bonds is 4. The first-order valence-electron chi connectivity index (χ1n) is 8.26. The molecule has 9 nitrogen and oxygen atoms in total. The summed E-state index contributed by atoms with van der Waals surface area (Å²) >= 11 is 0. The highest BCUT2D eigenvalue weighted by atomic mass is 16.5. The quantitative estimate of drug-likeness (QED) is 0.543. The Morgan fingerprint density at radius 1 is 1.15 bits per heavy atom. The number of hydrogen-bond donors (Lipinski definition) is 0. The second-order valence-electron chi connectivity index (χ2n) is 6.15. The fourth-order valence-electron chi connectivity index (χ4n) is 2.78. The molecular weight excluding hydrogens is 348 g/mol. The molecule has 0 spiro atoms. The molecule has 4 aromatic rings. The molecule has 4 heterocycles. The van der Waals surface area contributed by atoms with Gasteiger partial charge in [0.25, 0.3) is 11.6 Å². The molecule has 1 amide bonds. The third kappa shape index (κ3) is 3.14. The Kier molecular flexibility index (Phi) is 4.11. The zero-order valence-electron chi connectivity index (χ0n) is 15.0. The van der Waals surface area contributed by atoms with Crippen molar-refractivity contribution in [3.8, 4) is 11.5 Å². The lowest BCUT2D eigenvalue weighted by molar-refractivity contribution is 0.0771. The summed E-state index contributed by atoms with van der Waals surface area (Å²) in [5.41, 5.74) is 2.71. The maximum Gasteiger partial charge on any atom is 0.258 e. The number of pyridine rings is 2. The van der Waals surface area contributed by atoms with Crippen molar-refractivity contribution < 1.29 is 13.8 Å². The van der Waals surface area contributed by atoms with E-state index in [2.05, 4.69) is 25.3 Å². The molecule has 4 aromatic heterocycles. The minimum Gasteiger partial charge on any atom is -0.337 e. The van der Waals surface area contributed by atoms with Crippen LogP contribution in [0.4, 0.5) is 0 Å². The fourth-order valence-corrected chi connectivity index (χ4v) is 2.78. The van der Waals surface area contributed by atoms with Crippen LogP contribution in [0.25, 0.3) is 22.6 Å². The van der Waals surface area contributed by atoms with Gasteiger partial charge in [0.15, 0.2) is 0 Å². The van der Waals surface area contributed by atoms with E-state index in [1.54, 1.807) is 45.3 Å². The van der Waals surface area contributed by atoms with E-state index in [9.17, 15) is 4.79 Å². The van der Waals surface area contributed by atoms with Crippen LogP contribution in [0, 0.1) is 13.8 Å². The lowest BCUT2D eigenvalue weighted by Crippen LogP contribution is -2.26. The lowest BCUT2D eigenvalue weighted by atomic mass is 10.1. The molecule has 27 heavy (non-hydrogen) atoms. The maximum absolute atomic E-state index is 13.0. The molecule has 0 radical (unpaired) electrons. The van der Waals surface area contributed by atoms with E-state index < -0.39 is 0 Å². The normalized spacial score (nSPS) is 11.1. The molecule has 0 N–H and O–H groups in total. The summed E-state index contributed by atoms with van der Waals surface area (Å²) in [7, 11) is 1.66. The van der Waals surface area contributed by atoms with Crippen molar-refractivity contribution in [2.75, 3.05) is 7.05 Å². The molecule has 0 atom stereocenters. The van der Waals surface area contributed by atoms with E-state index in [1.807, 2.05) is 6.07 Å². The van der Waals surface area contributed by atoms with Crippen molar-refractivity contribution in [2.45, 2.75) is 20.4 Å². The first kappa shape index (κ1) is 16.8. The Hall–Kier alpha value is -3.62. The third-order valence-electron chi connectivity index (χ3n) is 4.06. The summed E-state index contributed by atoms with van der Waals surface area (Å²) in [6, 6.07) is 7.15. The smallest absolute Gasteiger partial charge is 0.258 e. The van der Waals surface area contributed by atoms with Gasteiger partial charge in [-0.15, -0.1) is 0 Å². The summed E-state index contributed by atoms with van der Waals surface area (Å²) in [4.78, 5) is 27.2. The van der Waals surface area contributed by atoms with Gasteiger partial charge >= 0.3 is 0 Å². The summed E-state index contributed by atoms with van der Waals surface area (Å²) < 4.78 is 10.4. The zero-order valence-corrected chi connectivity index (χ0v) is 15.0. The number of aromatic nitrogens is 5. The molecule has 0 fully saturated rings. The van der Waals surface area contributed by atoms with Crippen molar-refractivity contribution in [1.82, 2.24) is 30.2 Å². The molecule has 0 aliphatic heterocycles. The average Bonchev–Trinajstić information content (AvgIpc) is 3.28. The summed E-state index contributed by atoms with van der Waals surface area (Å²) in [5, 5.41) is 8.43. The van der Waals surface area contributed by atoms with Gasteiger partial charge in [0.05, 0.1) is 23.2 Å². The van der Waals surface area contributed by atoms with Gasteiger partial charge < -0.3 is 13.9 Å². The predicted octanol–water partition coefficient (Wildman–Crippen LogP) is 2.56. The number of fused-ring (bicyclic) bond motifs is 1. The Morgan fingerprint density at radius 2 is 2.00 bits per heavy atom. The Morgan fingerprint density at radius 3 is 2.78 bits per heavy atom. The van der Waals surface area contributed by atoms with Crippen LogP contribution in [-0.4, -0.2) is 43.1 Å². The van der Waals surface area contributed by atoms with Crippen LogP contribution in [0.5, 0.6) is 0 Å². The van der Waals surface area contributed by atoms with E-state index in [1.165, 1.54) is 4.90 Å². The predicted molar refractivity (Wildman–Crippen MR) is 94.6 cm³/mol. The number of hydrogen-bond acceptors (Lipinski definition) is 8. The van der Waals surface area contributed by atoms with E-state index in [4.69, 9.17) is 9.05 Å². The number of amides is 1. The Labute approximate surface area is 154 Å². The summed E-state index contributed by atoms with van der Waals surface area (Å²) in [6.45, 7) is 3.73. The fraction of sp³-hybridized carbons (Fsp3) is 0.222. The van der Waals surface area contributed by atoms with Crippen molar-refractivity contribution in [2.24, 2.45) is 0 Å². The molecular formula is C18H16N6O3. The highest BCUT2D eigenvalue weighted by molar-refractivity contribution is 6.05.